The quantitative estimate of drug-likeness (QED) is 0.831. The molecule has 0 fully saturated rings. The van der Waals surface area contributed by atoms with Crippen molar-refractivity contribution >= 4 is 0 Å². The summed E-state index contributed by atoms with van der Waals surface area (Å²) in [6.45, 7) is 0.667. The Morgan fingerprint density at radius 3 is 2.38 bits per heavy atom. The van der Waals surface area contributed by atoms with E-state index < -0.39 is 0 Å². The van der Waals surface area contributed by atoms with Crippen LogP contribution in [0, 0.1) is 0 Å². The fourth-order valence-corrected chi connectivity index (χ4v) is 2.52. The Hall–Kier alpha value is -2.06. The molecule has 0 spiro atoms. The molecule has 0 N–H and O–H groups in total. The van der Waals surface area contributed by atoms with Crippen molar-refractivity contribution in [2.24, 2.45) is 0 Å². The second-order valence-corrected chi connectivity index (χ2v) is 5.27. The highest BCUT2D eigenvalue weighted by atomic mass is 16.7. The van der Waals surface area contributed by atoms with Crippen LogP contribution in [0.4, 0.5) is 0 Å². The molecule has 0 saturated heterocycles. The van der Waals surface area contributed by atoms with Gasteiger partial charge in [-0.3, -0.25) is 0 Å². The number of hydrogen-bond donors (Lipinski definition) is 0. The van der Waals surface area contributed by atoms with E-state index in [1.54, 1.807) is 6.26 Å². The van der Waals surface area contributed by atoms with E-state index in [4.69, 9.17) is 9.47 Å². The van der Waals surface area contributed by atoms with Crippen LogP contribution in [0.3, 0.4) is 0 Å². The lowest BCUT2D eigenvalue weighted by molar-refractivity contribution is -0.104. The maximum Gasteiger partial charge on any atom is 0.199 e. The van der Waals surface area contributed by atoms with Crippen LogP contribution in [0.15, 0.2) is 73.0 Å². The molecule has 108 valence electrons. The SMILES string of the molecule is C1=C[C@@H](c2ccccc2)CO[C@H](CCc2ccccc2)O1. The second-order valence-electron chi connectivity index (χ2n) is 5.27. The van der Waals surface area contributed by atoms with Crippen molar-refractivity contribution in [3.63, 3.8) is 0 Å². The third-order valence-electron chi connectivity index (χ3n) is 3.74. The molecule has 2 atom stereocenters. The summed E-state index contributed by atoms with van der Waals surface area (Å²) >= 11 is 0. The normalized spacial score (nSPS) is 21.5. The van der Waals surface area contributed by atoms with Crippen LogP contribution in [-0.4, -0.2) is 12.9 Å². The Morgan fingerprint density at radius 1 is 0.905 bits per heavy atom. The summed E-state index contributed by atoms with van der Waals surface area (Å²) in [6, 6.07) is 20.8. The second kappa shape index (κ2) is 7.09. The highest BCUT2D eigenvalue weighted by molar-refractivity contribution is 5.23. The van der Waals surface area contributed by atoms with Gasteiger partial charge in [0.1, 0.15) is 0 Å². The zero-order valence-electron chi connectivity index (χ0n) is 12.0. The summed E-state index contributed by atoms with van der Waals surface area (Å²) in [4.78, 5) is 0. The van der Waals surface area contributed by atoms with Crippen molar-refractivity contribution in [3.05, 3.63) is 84.1 Å². The molecule has 0 aliphatic carbocycles. The molecule has 0 aromatic heterocycles. The molecule has 0 bridgehead atoms. The Balaban J connectivity index is 1.54. The first kappa shape index (κ1) is 13.9. The lowest BCUT2D eigenvalue weighted by atomic mass is 10.0. The lowest BCUT2D eigenvalue weighted by Crippen LogP contribution is -2.17. The van der Waals surface area contributed by atoms with Gasteiger partial charge in [0, 0.05) is 12.3 Å². The minimum Gasteiger partial charge on any atom is -0.473 e. The Morgan fingerprint density at radius 2 is 1.62 bits per heavy atom. The van der Waals surface area contributed by atoms with E-state index in [1.807, 2.05) is 12.1 Å². The smallest absolute Gasteiger partial charge is 0.199 e. The van der Waals surface area contributed by atoms with Crippen LogP contribution < -0.4 is 0 Å². The maximum absolute atomic E-state index is 5.91. The zero-order valence-corrected chi connectivity index (χ0v) is 12.0. The van der Waals surface area contributed by atoms with Crippen LogP contribution in [-0.2, 0) is 15.9 Å². The van der Waals surface area contributed by atoms with Crippen molar-refractivity contribution in [2.45, 2.75) is 25.0 Å². The van der Waals surface area contributed by atoms with E-state index in [1.165, 1.54) is 11.1 Å². The topological polar surface area (TPSA) is 18.5 Å². The van der Waals surface area contributed by atoms with Gasteiger partial charge in [0.05, 0.1) is 12.9 Å². The van der Waals surface area contributed by atoms with E-state index in [-0.39, 0.29) is 12.2 Å². The number of benzene rings is 2. The summed E-state index contributed by atoms with van der Waals surface area (Å²) in [5, 5.41) is 0. The minimum absolute atomic E-state index is 0.157. The average molecular weight is 280 g/mol. The molecule has 2 aromatic carbocycles. The van der Waals surface area contributed by atoms with E-state index in [0.29, 0.717) is 6.61 Å². The molecule has 1 heterocycles. The van der Waals surface area contributed by atoms with Gasteiger partial charge in [-0.15, -0.1) is 0 Å². The lowest BCUT2D eigenvalue weighted by Gasteiger charge is -2.17. The molecule has 2 aromatic rings. The van der Waals surface area contributed by atoms with Crippen LogP contribution in [0.1, 0.15) is 23.5 Å². The first-order valence-corrected chi connectivity index (χ1v) is 7.44. The van der Waals surface area contributed by atoms with Crippen LogP contribution >= 0.6 is 0 Å². The number of rotatable bonds is 4. The van der Waals surface area contributed by atoms with Crippen LogP contribution in [0.2, 0.25) is 0 Å². The van der Waals surface area contributed by atoms with E-state index >= 15 is 0 Å². The van der Waals surface area contributed by atoms with E-state index in [2.05, 4.69) is 54.6 Å². The van der Waals surface area contributed by atoms with Gasteiger partial charge in [-0.2, -0.15) is 0 Å². The molecule has 21 heavy (non-hydrogen) atoms. The monoisotopic (exact) mass is 280 g/mol. The van der Waals surface area contributed by atoms with Gasteiger partial charge in [-0.25, -0.2) is 0 Å². The molecule has 3 rings (SSSR count). The Labute approximate surface area is 126 Å². The predicted octanol–water partition coefficient (Wildman–Crippen LogP) is 4.29. The van der Waals surface area contributed by atoms with Crippen LogP contribution in [0.5, 0.6) is 0 Å². The minimum atomic E-state index is -0.157. The number of ether oxygens (including phenoxy) is 2. The summed E-state index contributed by atoms with van der Waals surface area (Å²) in [7, 11) is 0. The van der Waals surface area contributed by atoms with E-state index in [0.717, 1.165) is 12.8 Å². The van der Waals surface area contributed by atoms with Gasteiger partial charge in [0.2, 0.25) is 0 Å². The van der Waals surface area contributed by atoms with Crippen molar-refractivity contribution in [1.29, 1.82) is 0 Å². The van der Waals surface area contributed by atoms with Gasteiger partial charge in [0.15, 0.2) is 6.29 Å². The van der Waals surface area contributed by atoms with Crippen LogP contribution in [0.25, 0.3) is 0 Å². The van der Waals surface area contributed by atoms with Crippen molar-refractivity contribution in [3.8, 4) is 0 Å². The molecule has 0 saturated carbocycles. The van der Waals surface area contributed by atoms with Gasteiger partial charge in [-0.05, 0) is 23.6 Å². The number of aryl methyl sites for hydroxylation is 1. The largest absolute Gasteiger partial charge is 0.473 e. The van der Waals surface area contributed by atoms with E-state index in [9.17, 15) is 0 Å². The molecule has 2 nitrogen and oxygen atoms in total. The third kappa shape index (κ3) is 3.96. The summed E-state index contributed by atoms with van der Waals surface area (Å²) in [6.07, 6.45) is 5.55. The molecule has 0 amide bonds. The van der Waals surface area contributed by atoms with Gasteiger partial charge >= 0.3 is 0 Å². The summed E-state index contributed by atoms with van der Waals surface area (Å²) in [5.74, 6) is 0.271. The summed E-state index contributed by atoms with van der Waals surface area (Å²) in [5.41, 5.74) is 2.58. The fraction of sp³-hybridized carbons (Fsp3) is 0.263. The highest BCUT2D eigenvalue weighted by Gasteiger charge is 2.17. The maximum atomic E-state index is 5.91. The van der Waals surface area contributed by atoms with Gasteiger partial charge in [-0.1, -0.05) is 60.7 Å². The highest BCUT2D eigenvalue weighted by Crippen LogP contribution is 2.22. The molecular formula is C19H20O2. The van der Waals surface area contributed by atoms with Gasteiger partial charge in [0.25, 0.3) is 0 Å². The standard InChI is InChI=1S/C19H20O2/c1-3-7-16(8-4-1)11-12-19-20-14-13-18(15-21-19)17-9-5-2-6-10-17/h1-10,13-14,18-19H,11-12,15H2/t18-,19-/m1/s1. The first-order valence-electron chi connectivity index (χ1n) is 7.44. The van der Waals surface area contributed by atoms with Crippen molar-refractivity contribution < 1.29 is 9.47 Å². The first-order chi connectivity index (χ1) is 10.4. The Bertz CT molecular complexity index is 563. The molecule has 0 radical (unpaired) electrons. The molecule has 1 aliphatic rings. The molecular weight excluding hydrogens is 260 g/mol. The summed E-state index contributed by atoms with van der Waals surface area (Å²) < 4.78 is 11.6. The van der Waals surface area contributed by atoms with Crippen molar-refractivity contribution in [1.82, 2.24) is 0 Å². The molecule has 1 aliphatic heterocycles. The molecule has 2 heteroatoms. The average Bonchev–Trinajstić information content (AvgIpc) is 2.80. The third-order valence-corrected chi connectivity index (χ3v) is 3.74. The fourth-order valence-electron chi connectivity index (χ4n) is 2.52. The van der Waals surface area contributed by atoms with Gasteiger partial charge < -0.3 is 9.47 Å². The number of hydrogen-bond acceptors (Lipinski definition) is 2. The Kier molecular flexibility index (Phi) is 4.70. The molecule has 0 unspecified atom stereocenters. The predicted molar refractivity (Wildman–Crippen MR) is 83.9 cm³/mol. The zero-order chi connectivity index (χ0) is 14.3. The van der Waals surface area contributed by atoms with Crippen molar-refractivity contribution in [2.75, 3.05) is 6.61 Å².